The van der Waals surface area contributed by atoms with Crippen LogP contribution in [0.25, 0.3) is 0 Å². The minimum atomic E-state index is -0.187. The summed E-state index contributed by atoms with van der Waals surface area (Å²) in [5.41, 5.74) is 1.29. The van der Waals surface area contributed by atoms with E-state index >= 15 is 0 Å². The van der Waals surface area contributed by atoms with Crippen LogP contribution in [-0.2, 0) is 0 Å². The van der Waals surface area contributed by atoms with Crippen molar-refractivity contribution in [2.24, 2.45) is 0 Å². The van der Waals surface area contributed by atoms with Crippen molar-refractivity contribution < 1.29 is 5.21 Å². The fraction of sp³-hybridized carbons (Fsp3) is 0.846. The van der Waals surface area contributed by atoms with Gasteiger partial charge in [-0.3, -0.25) is 0 Å². The molecular formula is C13H25N3OSe. The van der Waals surface area contributed by atoms with Gasteiger partial charge in [0.05, 0.1) is 0 Å². The van der Waals surface area contributed by atoms with Crippen molar-refractivity contribution in [3.8, 4) is 0 Å². The molecule has 2 aliphatic rings. The molecule has 0 aliphatic carbocycles. The van der Waals surface area contributed by atoms with E-state index in [1.807, 2.05) is 0 Å². The van der Waals surface area contributed by atoms with Gasteiger partial charge in [-0.05, 0) is 0 Å². The average Bonchev–Trinajstić information content (AvgIpc) is 2.26. The first-order valence-electron chi connectivity index (χ1n) is 6.56. The maximum atomic E-state index is 10.3. The summed E-state index contributed by atoms with van der Waals surface area (Å²) in [7, 11) is 2.16. The Morgan fingerprint density at radius 3 is 2.44 bits per heavy atom. The van der Waals surface area contributed by atoms with Gasteiger partial charge < -0.3 is 0 Å². The van der Waals surface area contributed by atoms with E-state index in [0.29, 0.717) is 0 Å². The molecule has 0 radical (unpaired) electrons. The Morgan fingerprint density at radius 2 is 1.94 bits per heavy atom. The molecule has 0 amide bonds. The third kappa shape index (κ3) is 2.75. The summed E-state index contributed by atoms with van der Waals surface area (Å²) in [6, 6.07) is 0. The van der Waals surface area contributed by atoms with Crippen LogP contribution in [0.15, 0.2) is 11.8 Å². The molecule has 0 aromatic rings. The van der Waals surface area contributed by atoms with Crippen molar-refractivity contribution in [3.63, 3.8) is 0 Å². The van der Waals surface area contributed by atoms with Gasteiger partial charge in [0.1, 0.15) is 0 Å². The topological polar surface area (TPSA) is 30.0 Å². The van der Waals surface area contributed by atoms with Gasteiger partial charge in [-0.1, -0.05) is 0 Å². The molecule has 0 aromatic heterocycles. The van der Waals surface area contributed by atoms with Gasteiger partial charge >= 0.3 is 117 Å². The van der Waals surface area contributed by atoms with E-state index in [2.05, 4.69) is 49.6 Å². The van der Waals surface area contributed by atoms with Crippen LogP contribution in [-0.4, -0.2) is 70.9 Å². The molecule has 4 nitrogen and oxygen atoms in total. The first-order valence-corrected chi connectivity index (χ1v) is 8.18. The van der Waals surface area contributed by atoms with Crippen LogP contribution >= 0.6 is 0 Å². The summed E-state index contributed by atoms with van der Waals surface area (Å²) in [5, 5.41) is 11.9. The molecule has 18 heavy (non-hydrogen) atoms. The van der Waals surface area contributed by atoms with Crippen LogP contribution in [0, 0.1) is 0 Å². The van der Waals surface area contributed by atoms with Crippen LogP contribution in [0.5, 0.6) is 0 Å². The van der Waals surface area contributed by atoms with Crippen LogP contribution < -0.4 is 0 Å². The zero-order valence-electron chi connectivity index (χ0n) is 12.1. The second kappa shape index (κ2) is 4.80. The van der Waals surface area contributed by atoms with Gasteiger partial charge in [-0.25, -0.2) is 0 Å². The van der Waals surface area contributed by atoms with E-state index in [4.69, 9.17) is 0 Å². The Hall–Kier alpha value is -0.0605. The maximum absolute atomic E-state index is 10.3. The number of likely N-dealkylation sites (N-methyl/N-ethyl adjacent to an activating group) is 1. The molecule has 0 aromatic carbocycles. The number of hydrogen-bond donors (Lipinski definition) is 1. The Morgan fingerprint density at radius 1 is 1.28 bits per heavy atom. The van der Waals surface area contributed by atoms with E-state index in [9.17, 15) is 5.21 Å². The van der Waals surface area contributed by atoms with Crippen molar-refractivity contribution in [2.45, 2.75) is 44.1 Å². The molecule has 0 unspecified atom stereocenters. The summed E-state index contributed by atoms with van der Waals surface area (Å²) >= 11 is 0.263. The quantitative estimate of drug-likeness (QED) is 0.739. The van der Waals surface area contributed by atoms with E-state index in [1.165, 1.54) is 5.70 Å². The van der Waals surface area contributed by atoms with Gasteiger partial charge in [0.25, 0.3) is 0 Å². The van der Waals surface area contributed by atoms with Crippen molar-refractivity contribution in [1.29, 1.82) is 0 Å². The Kier molecular flexibility index (Phi) is 3.83. The average molecular weight is 318 g/mol. The fourth-order valence-electron chi connectivity index (χ4n) is 2.63. The van der Waals surface area contributed by atoms with Gasteiger partial charge in [0.2, 0.25) is 0 Å². The minimum absolute atomic E-state index is 0.140. The molecule has 1 saturated heterocycles. The van der Waals surface area contributed by atoms with Crippen LogP contribution in [0.4, 0.5) is 0 Å². The molecule has 0 spiro atoms. The standard InChI is InChI=1S/C13H25N3OSe/c1-12(2)10-15(18-13(3,4)16(12)17)11-6-8-14(5)9-7-11/h6,17H,7-10H2,1-5H3. The zero-order valence-corrected chi connectivity index (χ0v) is 13.8. The van der Waals surface area contributed by atoms with Crippen molar-refractivity contribution in [3.05, 3.63) is 11.8 Å². The molecule has 1 N–H and O–H groups in total. The zero-order chi connectivity index (χ0) is 13.6. The third-order valence-corrected chi connectivity index (χ3v) is 6.18. The van der Waals surface area contributed by atoms with Crippen molar-refractivity contribution in [2.75, 3.05) is 26.7 Å². The summed E-state index contributed by atoms with van der Waals surface area (Å²) in [5.74, 6) is 0. The SMILES string of the molecule is CN1CC=C(N2CC(C)(C)N(O)C(C)(C)[Se]2)CC1. The summed E-state index contributed by atoms with van der Waals surface area (Å²) in [4.78, 5) is 2.34. The summed E-state index contributed by atoms with van der Waals surface area (Å²) in [6.45, 7) is 11.6. The molecule has 1 fully saturated rings. The van der Waals surface area contributed by atoms with Gasteiger partial charge in [-0.15, -0.1) is 0 Å². The Balaban J connectivity index is 2.16. The molecule has 5 heteroatoms. The Bertz CT molecular complexity index is 336. The van der Waals surface area contributed by atoms with Crippen molar-refractivity contribution in [1.82, 2.24) is 13.9 Å². The molecular weight excluding hydrogens is 293 g/mol. The van der Waals surface area contributed by atoms with E-state index < -0.39 is 0 Å². The number of nitrogens with zero attached hydrogens (tertiary/aromatic N) is 3. The normalized spacial score (nSPS) is 29.2. The molecule has 2 rings (SSSR count). The molecule has 0 saturated carbocycles. The second-order valence-corrected chi connectivity index (χ2v) is 9.81. The molecule has 2 heterocycles. The summed E-state index contributed by atoms with van der Waals surface area (Å²) < 4.78 is 2.38. The predicted molar refractivity (Wildman–Crippen MR) is 74.4 cm³/mol. The van der Waals surface area contributed by atoms with Crippen LogP contribution in [0.2, 0.25) is 0 Å². The molecule has 0 bridgehead atoms. The van der Waals surface area contributed by atoms with Gasteiger partial charge in [0.15, 0.2) is 0 Å². The third-order valence-electron chi connectivity index (χ3n) is 3.66. The first-order chi connectivity index (χ1) is 8.22. The fourth-order valence-corrected chi connectivity index (χ4v) is 5.84. The second-order valence-electron chi connectivity index (χ2n) is 6.41. The monoisotopic (exact) mass is 319 g/mol. The van der Waals surface area contributed by atoms with E-state index in [-0.39, 0.29) is 25.2 Å². The van der Waals surface area contributed by atoms with Gasteiger partial charge in [-0.2, -0.15) is 0 Å². The molecule has 2 aliphatic heterocycles. The molecule has 104 valence electrons. The number of rotatable bonds is 1. The van der Waals surface area contributed by atoms with E-state index in [0.717, 1.165) is 26.1 Å². The summed E-state index contributed by atoms with van der Waals surface area (Å²) in [6.07, 6.45) is 3.49. The van der Waals surface area contributed by atoms with Gasteiger partial charge in [0, 0.05) is 0 Å². The Labute approximate surface area is 117 Å². The van der Waals surface area contributed by atoms with Crippen LogP contribution in [0.3, 0.4) is 0 Å². The first kappa shape index (κ1) is 14.4. The van der Waals surface area contributed by atoms with Crippen LogP contribution in [0.1, 0.15) is 34.1 Å². The van der Waals surface area contributed by atoms with Crippen molar-refractivity contribution >= 4 is 15.2 Å². The number of hydroxylamine groups is 2. The van der Waals surface area contributed by atoms with E-state index in [1.54, 1.807) is 5.06 Å². The number of hydrogen-bond acceptors (Lipinski definition) is 4. The predicted octanol–water partition coefficient (Wildman–Crippen LogP) is 1.35. The molecule has 0 atom stereocenters.